The monoisotopic (exact) mass is 341 g/mol. The maximum Gasteiger partial charge on any atom is 0.407 e. The van der Waals surface area contributed by atoms with Gasteiger partial charge in [0.1, 0.15) is 12.1 Å². The van der Waals surface area contributed by atoms with E-state index in [1.54, 1.807) is 0 Å². The Morgan fingerprint density at radius 2 is 1.88 bits per heavy atom. The highest BCUT2D eigenvalue weighted by atomic mass is 16.6. The van der Waals surface area contributed by atoms with E-state index in [-0.39, 0.29) is 18.5 Å². The quantitative estimate of drug-likeness (QED) is 0.505. The molecule has 1 aliphatic rings. The summed E-state index contributed by atoms with van der Waals surface area (Å²) in [6.45, 7) is 12.2. The Balaban J connectivity index is 2.55. The van der Waals surface area contributed by atoms with Crippen molar-refractivity contribution >= 4 is 18.0 Å². The zero-order valence-electron chi connectivity index (χ0n) is 15.4. The first-order chi connectivity index (χ1) is 11.2. The molecule has 138 valence electrons. The minimum atomic E-state index is -0.509. The highest BCUT2D eigenvalue weighted by Gasteiger charge is 2.27. The first-order valence-electron chi connectivity index (χ1n) is 8.54. The molecule has 8 heteroatoms. The highest BCUT2D eigenvalue weighted by Crippen LogP contribution is 2.12. The number of guanidine groups is 1. The van der Waals surface area contributed by atoms with Crippen molar-refractivity contribution in [2.24, 2.45) is 4.99 Å². The fourth-order valence-electron chi connectivity index (χ4n) is 2.37. The lowest BCUT2D eigenvalue weighted by atomic mass is 10.2. The minimum Gasteiger partial charge on any atom is -0.444 e. The van der Waals surface area contributed by atoms with Gasteiger partial charge in [-0.1, -0.05) is 0 Å². The summed E-state index contributed by atoms with van der Waals surface area (Å²) in [5, 5.41) is 8.79. The van der Waals surface area contributed by atoms with E-state index in [0.29, 0.717) is 19.0 Å². The minimum absolute atomic E-state index is 0.00757. The van der Waals surface area contributed by atoms with E-state index in [1.165, 1.54) is 0 Å². The van der Waals surface area contributed by atoms with Crippen molar-refractivity contribution in [2.45, 2.75) is 52.7 Å². The third kappa shape index (κ3) is 7.52. The van der Waals surface area contributed by atoms with E-state index in [1.807, 2.05) is 39.5 Å². The van der Waals surface area contributed by atoms with Crippen LogP contribution in [0.25, 0.3) is 0 Å². The lowest BCUT2D eigenvalue weighted by Gasteiger charge is -2.23. The Bertz CT molecular complexity index is 459. The summed E-state index contributed by atoms with van der Waals surface area (Å²) < 4.78 is 5.28. The third-order valence-corrected chi connectivity index (χ3v) is 3.29. The van der Waals surface area contributed by atoms with Gasteiger partial charge in [-0.25, -0.2) is 9.79 Å². The Morgan fingerprint density at radius 3 is 2.46 bits per heavy atom. The average molecular weight is 341 g/mol. The van der Waals surface area contributed by atoms with Crippen LogP contribution in [0.2, 0.25) is 0 Å². The van der Waals surface area contributed by atoms with Crippen LogP contribution >= 0.6 is 0 Å². The largest absolute Gasteiger partial charge is 0.444 e. The van der Waals surface area contributed by atoms with Gasteiger partial charge in [0.15, 0.2) is 5.96 Å². The van der Waals surface area contributed by atoms with Gasteiger partial charge in [0.05, 0.1) is 6.04 Å². The number of hydrogen-bond donors (Lipinski definition) is 3. The molecule has 1 aliphatic heterocycles. The fourth-order valence-corrected chi connectivity index (χ4v) is 2.37. The molecule has 0 aromatic carbocycles. The summed E-state index contributed by atoms with van der Waals surface area (Å²) >= 11 is 0. The first-order valence-corrected chi connectivity index (χ1v) is 8.54. The molecule has 0 aromatic rings. The molecular formula is C16H31N5O3. The van der Waals surface area contributed by atoms with E-state index in [4.69, 9.17) is 4.74 Å². The van der Waals surface area contributed by atoms with Crippen LogP contribution in [0.5, 0.6) is 0 Å². The van der Waals surface area contributed by atoms with E-state index < -0.39 is 11.7 Å². The maximum absolute atomic E-state index is 11.9. The topological polar surface area (TPSA) is 95.1 Å². The van der Waals surface area contributed by atoms with Crippen LogP contribution in [-0.4, -0.2) is 67.2 Å². The van der Waals surface area contributed by atoms with Crippen molar-refractivity contribution in [1.29, 1.82) is 0 Å². The van der Waals surface area contributed by atoms with Crippen LogP contribution in [0.3, 0.4) is 0 Å². The van der Waals surface area contributed by atoms with Gasteiger partial charge in [0.2, 0.25) is 5.91 Å². The smallest absolute Gasteiger partial charge is 0.407 e. The second-order valence-corrected chi connectivity index (χ2v) is 6.70. The Morgan fingerprint density at radius 1 is 1.21 bits per heavy atom. The number of ether oxygens (including phenoxy) is 1. The van der Waals surface area contributed by atoms with Crippen LogP contribution in [0.4, 0.5) is 4.79 Å². The molecule has 24 heavy (non-hydrogen) atoms. The molecule has 1 fully saturated rings. The molecule has 1 unspecified atom stereocenters. The molecule has 8 nitrogen and oxygen atoms in total. The summed E-state index contributed by atoms with van der Waals surface area (Å²) in [6.07, 6.45) is 0.406. The lowest BCUT2D eigenvalue weighted by Crippen LogP contribution is -2.44. The number of hydrogen-bond acceptors (Lipinski definition) is 4. The Hall–Kier alpha value is -1.99. The van der Waals surface area contributed by atoms with E-state index in [9.17, 15) is 9.59 Å². The lowest BCUT2D eigenvalue weighted by molar-refractivity contribution is -0.119. The van der Waals surface area contributed by atoms with Gasteiger partial charge in [-0.15, -0.1) is 0 Å². The normalized spacial score (nSPS) is 18.3. The molecule has 0 aliphatic carbocycles. The van der Waals surface area contributed by atoms with Gasteiger partial charge in [-0.3, -0.25) is 4.79 Å². The van der Waals surface area contributed by atoms with Gasteiger partial charge < -0.3 is 25.6 Å². The number of nitrogens with one attached hydrogen (secondary N) is 3. The van der Waals surface area contributed by atoms with Crippen molar-refractivity contribution in [2.75, 3.05) is 32.7 Å². The molecular weight excluding hydrogens is 310 g/mol. The zero-order chi connectivity index (χ0) is 18.2. The fraction of sp³-hybridized carbons (Fsp3) is 0.812. The number of rotatable bonds is 5. The molecule has 0 saturated carbocycles. The number of aliphatic imine (C=N–C) groups is 1. The highest BCUT2D eigenvalue weighted by molar-refractivity contribution is 5.85. The molecule has 1 atom stereocenters. The Labute approximate surface area is 144 Å². The Kier molecular flexibility index (Phi) is 7.81. The van der Waals surface area contributed by atoms with Crippen molar-refractivity contribution < 1.29 is 14.3 Å². The molecule has 0 aromatic heterocycles. The van der Waals surface area contributed by atoms with Crippen molar-refractivity contribution in [1.82, 2.24) is 20.9 Å². The van der Waals surface area contributed by atoms with E-state index in [0.717, 1.165) is 19.5 Å². The molecule has 2 amide bonds. The van der Waals surface area contributed by atoms with Crippen molar-refractivity contribution in [3.63, 3.8) is 0 Å². The summed E-state index contributed by atoms with van der Waals surface area (Å²) in [6, 6.07) is 0.00757. The van der Waals surface area contributed by atoms with Crippen LogP contribution in [-0.2, 0) is 9.53 Å². The molecule has 3 N–H and O–H groups in total. The first kappa shape index (κ1) is 20.1. The number of nitrogens with zero attached hydrogens (tertiary/aromatic N) is 2. The van der Waals surface area contributed by atoms with Gasteiger partial charge >= 0.3 is 6.09 Å². The van der Waals surface area contributed by atoms with Crippen molar-refractivity contribution in [3.05, 3.63) is 0 Å². The molecule has 0 spiro atoms. The number of carbonyl (C=O) groups is 2. The predicted octanol–water partition coefficient (Wildman–Crippen LogP) is 0.687. The third-order valence-electron chi connectivity index (χ3n) is 3.29. The van der Waals surface area contributed by atoms with E-state index in [2.05, 4.69) is 20.9 Å². The van der Waals surface area contributed by atoms with Gasteiger partial charge in [-0.2, -0.15) is 0 Å². The summed E-state index contributed by atoms with van der Waals surface area (Å²) in [7, 11) is 0. The summed E-state index contributed by atoms with van der Waals surface area (Å²) in [5.74, 6) is 0.591. The molecule has 1 saturated heterocycles. The number of likely N-dealkylation sites (tertiary alicyclic amines) is 1. The molecule has 0 bridgehead atoms. The van der Waals surface area contributed by atoms with Crippen LogP contribution in [0.15, 0.2) is 4.99 Å². The summed E-state index contributed by atoms with van der Waals surface area (Å²) in [4.78, 5) is 29.8. The molecule has 1 rings (SSSR count). The number of alkyl carbamates (subject to hydrolysis) is 1. The summed E-state index contributed by atoms with van der Waals surface area (Å²) in [5.41, 5.74) is -0.509. The molecule has 1 heterocycles. The van der Waals surface area contributed by atoms with Crippen LogP contribution in [0.1, 0.15) is 41.0 Å². The predicted molar refractivity (Wildman–Crippen MR) is 94.0 cm³/mol. The van der Waals surface area contributed by atoms with Gasteiger partial charge in [0, 0.05) is 26.2 Å². The second kappa shape index (κ2) is 9.34. The van der Waals surface area contributed by atoms with E-state index >= 15 is 0 Å². The number of likely N-dealkylation sites (N-methyl/N-ethyl adjacent to an activating group) is 1. The average Bonchev–Trinajstić information content (AvgIpc) is 2.89. The van der Waals surface area contributed by atoms with Crippen LogP contribution < -0.4 is 16.0 Å². The number of amides is 2. The van der Waals surface area contributed by atoms with Crippen LogP contribution in [0, 0.1) is 0 Å². The number of carbonyl (C=O) groups excluding carboxylic acids is 2. The zero-order valence-corrected chi connectivity index (χ0v) is 15.4. The van der Waals surface area contributed by atoms with Gasteiger partial charge in [0.25, 0.3) is 0 Å². The second-order valence-electron chi connectivity index (χ2n) is 6.70. The molecule has 0 radical (unpaired) electrons. The van der Waals surface area contributed by atoms with Gasteiger partial charge in [-0.05, 0) is 41.0 Å². The maximum atomic E-state index is 11.9. The van der Waals surface area contributed by atoms with Crippen molar-refractivity contribution in [3.8, 4) is 0 Å². The standard InChI is InChI=1S/C16H31N5O3/c1-6-17-13(22)10-19-14(18-7-2)21-9-8-12(11-21)20-15(23)24-16(3,4)5/h12H,6-11H2,1-5H3,(H,17,22)(H,18,19)(H,20,23). The SMILES string of the molecule is CCNC(=O)CN=C(NCC)N1CCC(NC(=O)OC(C)(C)C)C1.